The van der Waals surface area contributed by atoms with Gasteiger partial charge in [-0.05, 0) is 18.1 Å². The number of benzene rings is 1. The van der Waals surface area contributed by atoms with E-state index in [2.05, 4.69) is 27.8 Å². The molecular weight excluding hydrogens is 362 g/mol. The van der Waals surface area contributed by atoms with Crippen LogP contribution in [0.4, 0.5) is 0 Å². The summed E-state index contributed by atoms with van der Waals surface area (Å²) < 4.78 is 5.39. The van der Waals surface area contributed by atoms with Crippen LogP contribution in [0.2, 0.25) is 0 Å². The van der Waals surface area contributed by atoms with Crippen LogP contribution in [0.3, 0.4) is 0 Å². The lowest BCUT2D eigenvalue weighted by Gasteiger charge is -2.13. The Labute approximate surface area is 163 Å². The third kappa shape index (κ3) is 4.93. The van der Waals surface area contributed by atoms with Crippen LogP contribution in [0.15, 0.2) is 29.8 Å². The van der Waals surface area contributed by atoms with Gasteiger partial charge in [0.2, 0.25) is 5.91 Å². The van der Waals surface area contributed by atoms with E-state index in [1.54, 1.807) is 25.2 Å². The quantitative estimate of drug-likeness (QED) is 0.745. The van der Waals surface area contributed by atoms with Gasteiger partial charge in [0.1, 0.15) is 6.10 Å². The summed E-state index contributed by atoms with van der Waals surface area (Å²) in [6.45, 7) is 6.59. The number of carbonyl (C=O) groups excluding carboxylic acids is 2. The Morgan fingerprint density at radius 2 is 2.07 bits per heavy atom. The fourth-order valence-corrected chi connectivity index (χ4v) is 3.77. The number of thiazole rings is 1. The van der Waals surface area contributed by atoms with Crippen LogP contribution in [0.5, 0.6) is 0 Å². The minimum atomic E-state index is -0.325. The highest BCUT2D eigenvalue weighted by atomic mass is 32.1. The molecule has 1 aliphatic heterocycles. The zero-order valence-electron chi connectivity index (χ0n) is 15.8. The van der Waals surface area contributed by atoms with E-state index in [9.17, 15) is 9.59 Å². The number of esters is 1. The smallest absolute Gasteiger partial charge is 0.308 e. The molecule has 0 bridgehead atoms. The average molecular weight is 388 g/mol. The van der Waals surface area contributed by atoms with E-state index in [1.807, 2.05) is 24.6 Å². The predicted molar refractivity (Wildman–Crippen MR) is 105 cm³/mol. The molecule has 1 aromatic carbocycles. The Hall–Kier alpha value is -2.25. The minimum Gasteiger partial charge on any atom is -0.461 e. The van der Waals surface area contributed by atoms with Crippen LogP contribution in [0.25, 0.3) is 10.4 Å². The van der Waals surface area contributed by atoms with E-state index >= 15 is 0 Å². The fourth-order valence-electron chi connectivity index (χ4n) is 2.96. The van der Waals surface area contributed by atoms with Crippen molar-refractivity contribution in [2.45, 2.75) is 45.9 Å². The first-order valence-corrected chi connectivity index (χ1v) is 10.0. The molecule has 144 valence electrons. The maximum Gasteiger partial charge on any atom is 0.308 e. The van der Waals surface area contributed by atoms with Crippen molar-refractivity contribution in [1.82, 2.24) is 15.6 Å². The van der Waals surface area contributed by atoms with Gasteiger partial charge in [-0.3, -0.25) is 9.59 Å². The Kier molecular flexibility index (Phi) is 6.23. The first-order valence-electron chi connectivity index (χ1n) is 9.15. The second kappa shape index (κ2) is 8.63. The molecule has 0 spiro atoms. The zero-order chi connectivity index (χ0) is 19.4. The lowest BCUT2D eigenvalue weighted by atomic mass is 10.1. The molecule has 1 aliphatic rings. The lowest BCUT2D eigenvalue weighted by Crippen LogP contribution is -2.39. The molecule has 1 aromatic heterocycles. The van der Waals surface area contributed by atoms with Crippen LogP contribution in [-0.2, 0) is 20.9 Å². The predicted octanol–water partition coefficient (Wildman–Crippen LogP) is 2.66. The van der Waals surface area contributed by atoms with E-state index in [-0.39, 0.29) is 29.9 Å². The largest absolute Gasteiger partial charge is 0.461 e. The highest BCUT2D eigenvalue weighted by molar-refractivity contribution is 7.13. The first-order chi connectivity index (χ1) is 12.9. The molecule has 1 amide bonds. The topological polar surface area (TPSA) is 80.3 Å². The molecule has 0 aliphatic carbocycles. The van der Waals surface area contributed by atoms with Crippen LogP contribution in [0, 0.1) is 12.8 Å². The van der Waals surface area contributed by atoms with Gasteiger partial charge in [-0.2, -0.15) is 0 Å². The maximum atomic E-state index is 12.4. The third-order valence-corrected chi connectivity index (χ3v) is 5.57. The van der Waals surface area contributed by atoms with Gasteiger partial charge < -0.3 is 15.4 Å². The minimum absolute atomic E-state index is 0.0690. The number of amides is 1. The highest BCUT2D eigenvalue weighted by Crippen LogP contribution is 2.27. The summed E-state index contributed by atoms with van der Waals surface area (Å²) in [4.78, 5) is 29.5. The molecule has 2 N–H and O–H groups in total. The lowest BCUT2D eigenvalue weighted by molar-refractivity contribution is -0.152. The molecule has 1 saturated heterocycles. The maximum absolute atomic E-state index is 12.4. The number of aromatic nitrogens is 1. The fraction of sp³-hybridized carbons (Fsp3) is 0.450. The SMILES string of the molecule is Cc1ncsc1-c1ccc(CNC(=O)C2CC(OC(=O)C(C)C)CN2)cc1. The van der Waals surface area contributed by atoms with Gasteiger partial charge >= 0.3 is 5.97 Å². The monoisotopic (exact) mass is 387 g/mol. The molecule has 7 heteroatoms. The summed E-state index contributed by atoms with van der Waals surface area (Å²) in [5.74, 6) is -0.450. The van der Waals surface area contributed by atoms with Crippen molar-refractivity contribution in [2.24, 2.45) is 5.92 Å². The summed E-state index contributed by atoms with van der Waals surface area (Å²) in [7, 11) is 0. The molecule has 2 unspecified atom stereocenters. The number of hydrogen-bond acceptors (Lipinski definition) is 6. The zero-order valence-corrected chi connectivity index (χ0v) is 16.6. The van der Waals surface area contributed by atoms with Gasteiger partial charge in [0, 0.05) is 19.5 Å². The molecule has 3 rings (SSSR count). The molecule has 1 fully saturated rings. The summed E-state index contributed by atoms with van der Waals surface area (Å²) in [6.07, 6.45) is 0.269. The van der Waals surface area contributed by atoms with Crippen molar-refractivity contribution in [3.63, 3.8) is 0 Å². The van der Waals surface area contributed by atoms with E-state index in [4.69, 9.17) is 4.74 Å². The van der Waals surface area contributed by atoms with Crippen molar-refractivity contribution < 1.29 is 14.3 Å². The molecule has 2 heterocycles. The number of hydrogen-bond donors (Lipinski definition) is 2. The summed E-state index contributed by atoms with van der Waals surface area (Å²) >= 11 is 1.62. The summed E-state index contributed by atoms with van der Waals surface area (Å²) in [5, 5.41) is 6.08. The Morgan fingerprint density at radius 1 is 1.33 bits per heavy atom. The standard InChI is InChI=1S/C20H25N3O3S/c1-12(2)20(25)26-16-8-17(21-10-16)19(24)22-9-14-4-6-15(7-5-14)18-13(3)23-11-27-18/h4-7,11-12,16-17,21H,8-10H2,1-3H3,(H,22,24). The Morgan fingerprint density at radius 3 is 2.70 bits per heavy atom. The summed E-state index contributed by atoms with van der Waals surface area (Å²) in [5.41, 5.74) is 5.05. The molecular formula is C20H25N3O3S. The summed E-state index contributed by atoms with van der Waals surface area (Å²) in [6, 6.07) is 7.82. The van der Waals surface area contributed by atoms with Gasteiger partial charge in [0.15, 0.2) is 0 Å². The molecule has 2 atom stereocenters. The van der Waals surface area contributed by atoms with Crippen LogP contribution in [0.1, 0.15) is 31.5 Å². The second-order valence-corrected chi connectivity index (χ2v) is 7.95. The van der Waals surface area contributed by atoms with Gasteiger partial charge in [-0.1, -0.05) is 38.1 Å². The molecule has 6 nitrogen and oxygen atoms in total. The normalized spacial score (nSPS) is 19.3. The van der Waals surface area contributed by atoms with E-state index in [1.165, 1.54) is 4.88 Å². The van der Waals surface area contributed by atoms with Gasteiger partial charge in [-0.25, -0.2) is 4.98 Å². The van der Waals surface area contributed by atoms with Crippen LogP contribution in [-0.4, -0.2) is 35.6 Å². The van der Waals surface area contributed by atoms with Gasteiger partial charge in [-0.15, -0.1) is 11.3 Å². The number of nitrogens with one attached hydrogen (secondary N) is 2. The van der Waals surface area contributed by atoms with E-state index in [0.29, 0.717) is 19.5 Å². The van der Waals surface area contributed by atoms with E-state index < -0.39 is 0 Å². The van der Waals surface area contributed by atoms with Crippen molar-refractivity contribution in [3.05, 3.63) is 41.0 Å². The molecule has 27 heavy (non-hydrogen) atoms. The van der Waals surface area contributed by atoms with Crippen LogP contribution >= 0.6 is 11.3 Å². The highest BCUT2D eigenvalue weighted by Gasteiger charge is 2.31. The molecule has 0 saturated carbocycles. The van der Waals surface area contributed by atoms with Gasteiger partial charge in [0.25, 0.3) is 0 Å². The second-order valence-electron chi connectivity index (χ2n) is 7.09. The molecule has 0 radical (unpaired) electrons. The average Bonchev–Trinajstić information content (AvgIpc) is 3.29. The van der Waals surface area contributed by atoms with Crippen molar-refractivity contribution in [3.8, 4) is 10.4 Å². The van der Waals surface area contributed by atoms with Gasteiger partial charge in [0.05, 0.1) is 28.0 Å². The van der Waals surface area contributed by atoms with Crippen molar-refractivity contribution in [1.29, 1.82) is 0 Å². The van der Waals surface area contributed by atoms with Crippen molar-refractivity contribution >= 4 is 23.2 Å². The number of rotatable bonds is 6. The van der Waals surface area contributed by atoms with Crippen molar-refractivity contribution in [2.75, 3.05) is 6.54 Å². The van der Waals surface area contributed by atoms with Crippen LogP contribution < -0.4 is 10.6 Å². The molecule has 2 aromatic rings. The Bertz CT molecular complexity index is 801. The third-order valence-electron chi connectivity index (χ3n) is 4.59. The number of ether oxygens (including phenoxy) is 1. The van der Waals surface area contributed by atoms with E-state index in [0.717, 1.165) is 16.8 Å². The number of carbonyl (C=O) groups is 2. The number of aryl methyl sites for hydroxylation is 1. The first kappa shape index (κ1) is 19.5. The Balaban J connectivity index is 1.48. The number of nitrogens with zero attached hydrogens (tertiary/aromatic N) is 1.